The number of sulfonamides is 1. The number of ketones is 1. The molecule has 4 aliphatic rings. The van der Waals surface area contributed by atoms with Gasteiger partial charge in [0.1, 0.15) is 23.3 Å². The first-order chi connectivity index (χ1) is 27.2. The van der Waals surface area contributed by atoms with Crippen LogP contribution in [0.25, 0.3) is 10.8 Å². The smallest absolute Gasteiger partial charge is 0.427 e. The van der Waals surface area contributed by atoms with E-state index in [4.69, 9.17) is 14.2 Å². The predicted octanol–water partition coefficient (Wildman–Crippen LogP) is 6.41. The summed E-state index contributed by atoms with van der Waals surface area (Å²) in [6, 6.07) is 5.93. The van der Waals surface area contributed by atoms with Crippen molar-refractivity contribution < 1.29 is 59.4 Å². The fourth-order valence-electron chi connectivity index (χ4n) is 8.36. The van der Waals surface area contributed by atoms with E-state index in [0.29, 0.717) is 35.8 Å². The van der Waals surface area contributed by atoms with E-state index in [1.54, 1.807) is 31.2 Å². The fourth-order valence-corrected chi connectivity index (χ4v) is 9.81. The lowest BCUT2D eigenvalue weighted by Gasteiger charge is -2.33. The number of allylic oxidation sites excluding steroid dienone is 2. The minimum Gasteiger partial charge on any atom is -0.494 e. The van der Waals surface area contributed by atoms with Crippen LogP contribution < -0.4 is 14.2 Å². The number of hydrogen-bond acceptors (Lipinski definition) is 10. The lowest BCUT2D eigenvalue weighted by Crippen LogP contribution is -2.49. The Morgan fingerprint density at radius 1 is 1.07 bits per heavy atom. The van der Waals surface area contributed by atoms with Gasteiger partial charge < -0.3 is 19.1 Å². The van der Waals surface area contributed by atoms with E-state index in [1.807, 2.05) is 19.1 Å². The van der Waals surface area contributed by atoms with Crippen LogP contribution in [0, 0.1) is 29.1 Å². The van der Waals surface area contributed by atoms with Crippen LogP contribution in [0.5, 0.6) is 11.6 Å². The van der Waals surface area contributed by atoms with E-state index < -0.39 is 105 Å². The average Bonchev–Trinajstić information content (AvgIpc) is 4.06. The van der Waals surface area contributed by atoms with Gasteiger partial charge >= 0.3 is 12.1 Å². The van der Waals surface area contributed by atoms with E-state index in [9.17, 15) is 45.2 Å². The summed E-state index contributed by atoms with van der Waals surface area (Å²) in [6.07, 6.45) is 0.00350. The van der Waals surface area contributed by atoms with Crippen LogP contribution in [-0.2, 0) is 33.9 Å². The van der Waals surface area contributed by atoms with Crippen LogP contribution >= 0.6 is 0 Å². The largest absolute Gasteiger partial charge is 0.494 e. The minimum absolute atomic E-state index is 0.0166. The normalized spacial score (nSPS) is 29.6. The third kappa shape index (κ3) is 8.55. The van der Waals surface area contributed by atoms with E-state index in [1.165, 1.54) is 18.2 Å². The molecule has 318 valence electrons. The molecule has 3 fully saturated rings. The van der Waals surface area contributed by atoms with Crippen LogP contribution in [0.3, 0.4) is 0 Å². The van der Waals surface area contributed by atoms with Crippen LogP contribution in [0.1, 0.15) is 85.5 Å². The number of fused-ring (bicyclic) bond motifs is 3. The number of benzene rings is 1. The van der Waals surface area contributed by atoms with Crippen molar-refractivity contribution in [2.75, 3.05) is 20.3 Å². The number of rotatable bonds is 10. The summed E-state index contributed by atoms with van der Waals surface area (Å²) in [5, 5.41) is 1.28. The summed E-state index contributed by atoms with van der Waals surface area (Å²) in [7, 11) is -2.92. The number of nitrogens with zero attached hydrogens (tertiary/aromatic N) is 2. The zero-order chi connectivity index (χ0) is 42.4. The lowest BCUT2D eigenvalue weighted by atomic mass is 9.82. The monoisotopic (exact) mass is 837 g/mol. The molecule has 0 unspecified atom stereocenters. The number of carbonyl (C=O) groups is 4. The molecule has 1 N–H and O–H groups in total. The van der Waals surface area contributed by atoms with Crippen molar-refractivity contribution in [2.45, 2.75) is 114 Å². The van der Waals surface area contributed by atoms with Crippen LogP contribution in [0.15, 0.2) is 42.6 Å². The van der Waals surface area contributed by atoms with Gasteiger partial charge in [-0.15, -0.1) is 0 Å². The third-order valence-electron chi connectivity index (χ3n) is 12.5. The first-order valence-corrected chi connectivity index (χ1v) is 21.2. The van der Waals surface area contributed by atoms with Crippen molar-refractivity contribution in [1.29, 1.82) is 0 Å². The Labute approximate surface area is 335 Å². The number of esters is 1. The fraction of sp³-hybridized carbons (Fsp3) is 0.634. The third-order valence-corrected chi connectivity index (χ3v) is 14.6. The molecule has 2 amide bonds. The molecule has 7 atom stereocenters. The molecule has 17 heteroatoms. The second kappa shape index (κ2) is 16.1. The summed E-state index contributed by atoms with van der Waals surface area (Å²) in [6.45, 7) is 3.80. The van der Waals surface area contributed by atoms with Gasteiger partial charge in [-0.1, -0.05) is 44.2 Å². The Bertz CT molecular complexity index is 2070. The number of ether oxygens (including phenoxy) is 3. The SMILES string of the molecule is COc1cnc(O[C@@H]2C[C@H]3C(=O)C[C@]4(C(=O)NS(=O)(=O)C5(CF)CC5)C[C@H]4/C=C\CC[C@@H](C)C[C@@H](C)[C@H](CC(=O)OC(C)(C)C(F)(F)F)C(=O)N3C2)c2ccccc12. The Morgan fingerprint density at radius 3 is 2.40 bits per heavy atom. The van der Waals surface area contributed by atoms with Crippen molar-refractivity contribution in [3.05, 3.63) is 42.6 Å². The molecule has 1 aromatic carbocycles. The van der Waals surface area contributed by atoms with Gasteiger partial charge in [-0.2, -0.15) is 13.2 Å². The topological polar surface area (TPSA) is 158 Å². The standard InChI is InChI=1S/C41H51F4N3O9S/c1-24-10-6-7-11-26-19-40(26,37(52)47-58(53,54)39(23-42)14-15-39)20-32(49)31-17-27(56-35-29-13-9-8-12-28(29)33(55-5)21-46-35)22-48(31)36(51)30(25(2)16-24)18-34(50)57-38(3,4)41(43,44)45/h7-9,11-13,21,24-27,30-31H,6,10,14-20,22-23H2,1-5H3,(H,47,52)/b11-7-/t24-,25-,26-,27-,30+,31+,40-/m1/s1. The molecule has 0 spiro atoms. The maximum Gasteiger partial charge on any atom is 0.427 e. The molecular formula is C41H51F4N3O9S. The number of aromatic nitrogens is 1. The van der Waals surface area contributed by atoms with Gasteiger partial charge in [0.15, 0.2) is 5.78 Å². The van der Waals surface area contributed by atoms with Crippen molar-refractivity contribution in [3.8, 4) is 11.6 Å². The molecule has 6 rings (SSSR count). The first kappa shape index (κ1) is 43.3. The molecule has 1 saturated heterocycles. The maximum atomic E-state index is 14.8. The number of pyridine rings is 1. The van der Waals surface area contributed by atoms with Gasteiger partial charge in [-0.05, 0) is 76.2 Å². The highest BCUT2D eigenvalue weighted by atomic mass is 32.2. The molecule has 0 radical (unpaired) electrons. The summed E-state index contributed by atoms with van der Waals surface area (Å²) >= 11 is 0. The van der Waals surface area contributed by atoms with Crippen LogP contribution in [0.4, 0.5) is 17.6 Å². The van der Waals surface area contributed by atoms with Gasteiger partial charge in [0.2, 0.25) is 33.3 Å². The number of Topliss-reactive ketones (excluding diaryl/α,β-unsaturated/α-hetero) is 1. The summed E-state index contributed by atoms with van der Waals surface area (Å²) in [5.74, 6) is -4.99. The van der Waals surface area contributed by atoms with E-state index in [-0.39, 0.29) is 44.0 Å². The Kier molecular flexibility index (Phi) is 12.0. The highest BCUT2D eigenvalue weighted by Crippen LogP contribution is 2.58. The molecule has 2 saturated carbocycles. The summed E-state index contributed by atoms with van der Waals surface area (Å²) in [5.41, 5.74) is -4.33. The second-order valence-electron chi connectivity index (χ2n) is 17.1. The maximum absolute atomic E-state index is 14.8. The van der Waals surface area contributed by atoms with Gasteiger partial charge in [-0.25, -0.2) is 17.8 Å². The van der Waals surface area contributed by atoms with Gasteiger partial charge in [0.25, 0.3) is 0 Å². The van der Waals surface area contributed by atoms with Crippen molar-refractivity contribution in [2.24, 2.45) is 29.1 Å². The summed E-state index contributed by atoms with van der Waals surface area (Å²) in [4.78, 5) is 62.3. The Morgan fingerprint density at radius 2 is 1.76 bits per heavy atom. The zero-order valence-corrected chi connectivity index (χ0v) is 34.1. The van der Waals surface area contributed by atoms with Gasteiger partial charge in [0.05, 0.1) is 43.6 Å². The quantitative estimate of drug-likeness (QED) is 0.161. The highest BCUT2D eigenvalue weighted by molar-refractivity contribution is 7.91. The molecule has 12 nitrogen and oxygen atoms in total. The number of methoxy groups -OCH3 is 1. The number of alkyl halides is 4. The number of hydrogen-bond donors (Lipinski definition) is 1. The van der Waals surface area contributed by atoms with Gasteiger partial charge in [0, 0.05) is 23.6 Å². The second-order valence-corrected chi connectivity index (χ2v) is 19.2. The Hall–Kier alpha value is -4.28. The highest BCUT2D eigenvalue weighted by Gasteiger charge is 2.63. The average molecular weight is 838 g/mol. The van der Waals surface area contributed by atoms with Crippen molar-refractivity contribution >= 4 is 44.4 Å². The first-order valence-electron chi connectivity index (χ1n) is 19.7. The molecular weight excluding hydrogens is 787 g/mol. The number of halogens is 4. The van der Waals surface area contributed by atoms with E-state index in [0.717, 1.165) is 13.8 Å². The Balaban J connectivity index is 1.36. The number of nitrogens with one attached hydrogen (secondary N) is 1. The van der Waals surface area contributed by atoms with Gasteiger partial charge in [-0.3, -0.25) is 23.9 Å². The molecule has 1 aromatic heterocycles. The number of carbonyl (C=O) groups excluding carboxylic acids is 4. The van der Waals surface area contributed by atoms with E-state index >= 15 is 0 Å². The van der Waals surface area contributed by atoms with Crippen LogP contribution in [0.2, 0.25) is 0 Å². The molecule has 2 aromatic rings. The molecule has 2 aliphatic heterocycles. The molecule has 58 heavy (non-hydrogen) atoms. The lowest BCUT2D eigenvalue weighted by molar-refractivity contribution is -0.257. The van der Waals surface area contributed by atoms with Crippen LogP contribution in [-0.4, -0.2) is 90.9 Å². The number of amides is 2. The minimum atomic E-state index is -4.88. The van der Waals surface area contributed by atoms with E-state index in [2.05, 4.69) is 9.71 Å². The zero-order valence-electron chi connectivity index (χ0n) is 33.3. The molecule has 2 aliphatic carbocycles. The molecule has 0 bridgehead atoms. The summed E-state index contributed by atoms with van der Waals surface area (Å²) < 4.78 is 98.7. The van der Waals surface area contributed by atoms with Crippen molar-refractivity contribution in [1.82, 2.24) is 14.6 Å². The van der Waals surface area contributed by atoms with Crippen molar-refractivity contribution in [3.63, 3.8) is 0 Å². The molecule has 3 heterocycles. The predicted molar refractivity (Wildman–Crippen MR) is 204 cm³/mol.